The van der Waals surface area contributed by atoms with E-state index in [0.717, 1.165) is 12.3 Å². The lowest BCUT2D eigenvalue weighted by atomic mass is 9.73. The molecule has 0 bridgehead atoms. The highest BCUT2D eigenvalue weighted by molar-refractivity contribution is 4.93. The van der Waals surface area contributed by atoms with E-state index in [-0.39, 0.29) is 0 Å². The summed E-state index contributed by atoms with van der Waals surface area (Å²) in [5.41, 5.74) is 0. The second kappa shape index (κ2) is 8.32. The maximum Gasteiger partial charge on any atom is 0.147 e. The summed E-state index contributed by atoms with van der Waals surface area (Å²) in [6, 6.07) is 0. The van der Waals surface area contributed by atoms with Gasteiger partial charge in [0.15, 0.2) is 0 Å². The molecule has 0 spiro atoms. The van der Waals surface area contributed by atoms with Gasteiger partial charge in [0, 0.05) is 13.7 Å². The second-order valence-corrected chi connectivity index (χ2v) is 6.38. The van der Waals surface area contributed by atoms with Crippen LogP contribution in [0.3, 0.4) is 0 Å². The molecule has 2 aliphatic rings. The highest BCUT2D eigenvalue weighted by Crippen LogP contribution is 2.49. The summed E-state index contributed by atoms with van der Waals surface area (Å²) in [7, 11) is 1.68. The first-order valence-corrected chi connectivity index (χ1v) is 8.07. The highest BCUT2D eigenvalue weighted by Gasteiger charge is 2.44. The van der Waals surface area contributed by atoms with Crippen molar-refractivity contribution in [3.05, 3.63) is 0 Å². The van der Waals surface area contributed by atoms with Crippen molar-refractivity contribution in [2.24, 2.45) is 23.7 Å². The minimum absolute atomic E-state index is 0.319. The van der Waals surface area contributed by atoms with E-state index in [4.69, 9.17) is 14.2 Å². The van der Waals surface area contributed by atoms with Crippen molar-refractivity contribution in [1.82, 2.24) is 0 Å². The quantitative estimate of drug-likeness (QED) is 0.550. The molecule has 0 radical (unpaired) electrons. The zero-order valence-corrected chi connectivity index (χ0v) is 12.9. The molecule has 0 heterocycles. The van der Waals surface area contributed by atoms with Gasteiger partial charge in [0.1, 0.15) is 6.79 Å². The van der Waals surface area contributed by atoms with Crippen LogP contribution in [-0.4, -0.2) is 44.9 Å². The van der Waals surface area contributed by atoms with Crippen molar-refractivity contribution in [2.45, 2.75) is 45.1 Å². The Morgan fingerprint density at radius 2 is 1.95 bits per heavy atom. The average molecular weight is 286 g/mol. The number of rotatable bonds is 8. The molecule has 0 aromatic rings. The third-order valence-electron chi connectivity index (χ3n) is 5.25. The van der Waals surface area contributed by atoms with Gasteiger partial charge < -0.3 is 19.3 Å². The normalized spacial score (nSPS) is 35.0. The van der Waals surface area contributed by atoms with Gasteiger partial charge in [-0.25, -0.2) is 0 Å². The molecule has 2 rings (SSSR count). The van der Waals surface area contributed by atoms with Crippen LogP contribution in [0.15, 0.2) is 0 Å². The van der Waals surface area contributed by atoms with Gasteiger partial charge in [-0.1, -0.05) is 13.3 Å². The molecule has 0 aromatic carbocycles. The first kappa shape index (κ1) is 16.2. The summed E-state index contributed by atoms with van der Waals surface area (Å²) in [6.45, 7) is 4.11. The summed E-state index contributed by atoms with van der Waals surface area (Å²) >= 11 is 0. The monoisotopic (exact) mass is 286 g/mol. The van der Waals surface area contributed by atoms with Gasteiger partial charge in [0.25, 0.3) is 0 Å². The Kier molecular flexibility index (Phi) is 6.75. The number of hydrogen-bond acceptors (Lipinski definition) is 4. The summed E-state index contributed by atoms with van der Waals surface area (Å²) < 4.78 is 16.4. The minimum Gasteiger partial charge on any atom is -0.396 e. The van der Waals surface area contributed by atoms with E-state index >= 15 is 0 Å². The van der Waals surface area contributed by atoms with Gasteiger partial charge in [0.2, 0.25) is 0 Å². The fourth-order valence-corrected chi connectivity index (χ4v) is 4.17. The molecule has 2 saturated carbocycles. The molecule has 5 atom stereocenters. The van der Waals surface area contributed by atoms with Crippen LogP contribution in [0.2, 0.25) is 0 Å². The van der Waals surface area contributed by atoms with E-state index in [9.17, 15) is 5.11 Å². The zero-order valence-electron chi connectivity index (χ0n) is 12.9. The Hall–Kier alpha value is -0.160. The summed E-state index contributed by atoms with van der Waals surface area (Å²) in [5.74, 6) is 2.54. The minimum atomic E-state index is 0.319. The average Bonchev–Trinajstić information content (AvgIpc) is 2.91. The van der Waals surface area contributed by atoms with E-state index in [0.29, 0.717) is 50.5 Å². The van der Waals surface area contributed by atoms with Gasteiger partial charge in [-0.05, 0) is 49.4 Å². The lowest BCUT2D eigenvalue weighted by Crippen LogP contribution is -2.35. The number of methoxy groups -OCH3 is 1. The lowest BCUT2D eigenvalue weighted by molar-refractivity contribution is -0.129. The van der Waals surface area contributed by atoms with Crippen molar-refractivity contribution < 1.29 is 19.3 Å². The van der Waals surface area contributed by atoms with Gasteiger partial charge in [0.05, 0.1) is 19.3 Å². The first-order chi connectivity index (χ1) is 9.77. The molecule has 0 aromatic heterocycles. The number of ether oxygens (including phenoxy) is 3. The van der Waals surface area contributed by atoms with Gasteiger partial charge in [-0.2, -0.15) is 0 Å². The fourth-order valence-electron chi connectivity index (χ4n) is 4.17. The van der Waals surface area contributed by atoms with Gasteiger partial charge in [-0.15, -0.1) is 0 Å². The van der Waals surface area contributed by atoms with E-state index < -0.39 is 0 Å². The second-order valence-electron chi connectivity index (χ2n) is 6.38. The maximum absolute atomic E-state index is 9.41. The SMILES string of the molecule is COCCOCO[C@@H]1CCC[C@H]2[C@H]1CC[C@@H]2[C@H](C)CO. The molecule has 0 unspecified atom stereocenters. The molecule has 2 aliphatic carbocycles. The van der Waals surface area contributed by atoms with E-state index in [1.54, 1.807) is 7.11 Å². The van der Waals surface area contributed by atoms with Crippen molar-refractivity contribution in [3.8, 4) is 0 Å². The Morgan fingerprint density at radius 1 is 1.10 bits per heavy atom. The van der Waals surface area contributed by atoms with Crippen LogP contribution in [-0.2, 0) is 14.2 Å². The molecule has 0 aliphatic heterocycles. The Balaban J connectivity index is 1.78. The predicted molar refractivity (Wildman–Crippen MR) is 77.4 cm³/mol. The van der Waals surface area contributed by atoms with Crippen LogP contribution in [0.5, 0.6) is 0 Å². The van der Waals surface area contributed by atoms with Crippen LogP contribution in [0, 0.1) is 23.7 Å². The van der Waals surface area contributed by atoms with Crippen LogP contribution in [0.4, 0.5) is 0 Å². The van der Waals surface area contributed by atoms with Crippen molar-refractivity contribution >= 4 is 0 Å². The molecule has 1 N–H and O–H groups in total. The Bertz CT molecular complexity index is 271. The molecule has 118 valence electrons. The van der Waals surface area contributed by atoms with E-state index in [2.05, 4.69) is 6.92 Å². The molecular weight excluding hydrogens is 256 g/mol. The molecule has 0 amide bonds. The van der Waals surface area contributed by atoms with Crippen LogP contribution >= 0.6 is 0 Å². The van der Waals surface area contributed by atoms with Gasteiger partial charge in [-0.3, -0.25) is 0 Å². The summed E-state index contributed by atoms with van der Waals surface area (Å²) in [4.78, 5) is 0. The largest absolute Gasteiger partial charge is 0.396 e. The van der Waals surface area contributed by atoms with Gasteiger partial charge >= 0.3 is 0 Å². The van der Waals surface area contributed by atoms with E-state index in [1.165, 1.54) is 25.7 Å². The number of fused-ring (bicyclic) bond motifs is 1. The number of aliphatic hydroxyl groups is 1. The van der Waals surface area contributed by atoms with Crippen molar-refractivity contribution in [2.75, 3.05) is 33.7 Å². The fraction of sp³-hybridized carbons (Fsp3) is 1.00. The smallest absolute Gasteiger partial charge is 0.147 e. The summed E-state index contributed by atoms with van der Waals surface area (Å²) in [6.07, 6.45) is 6.58. The molecule has 4 heteroatoms. The van der Waals surface area contributed by atoms with Crippen LogP contribution in [0.25, 0.3) is 0 Å². The zero-order chi connectivity index (χ0) is 14.4. The third-order valence-corrected chi connectivity index (χ3v) is 5.25. The van der Waals surface area contributed by atoms with Crippen LogP contribution in [0.1, 0.15) is 39.0 Å². The lowest BCUT2D eigenvalue weighted by Gasteiger charge is -2.37. The van der Waals surface area contributed by atoms with Crippen molar-refractivity contribution in [3.63, 3.8) is 0 Å². The summed E-state index contributed by atoms with van der Waals surface area (Å²) in [5, 5.41) is 9.41. The number of aliphatic hydroxyl groups excluding tert-OH is 1. The number of hydrogen-bond donors (Lipinski definition) is 1. The standard InChI is InChI=1S/C16H30O4/c1-12(10-17)13-6-7-15-14(13)4-3-5-16(15)20-11-19-9-8-18-2/h12-17H,3-11H2,1-2H3/t12-,13-,14-,15-,16-/m1/s1. The predicted octanol–water partition coefficient (Wildman–Crippen LogP) is 2.45. The Labute approximate surface area is 122 Å². The van der Waals surface area contributed by atoms with Crippen molar-refractivity contribution in [1.29, 1.82) is 0 Å². The molecule has 2 fully saturated rings. The third kappa shape index (κ3) is 3.94. The molecule has 0 saturated heterocycles. The van der Waals surface area contributed by atoms with E-state index in [1.807, 2.05) is 0 Å². The highest BCUT2D eigenvalue weighted by atomic mass is 16.7. The first-order valence-electron chi connectivity index (χ1n) is 8.07. The van der Waals surface area contributed by atoms with Crippen LogP contribution < -0.4 is 0 Å². The molecule has 20 heavy (non-hydrogen) atoms. The molecular formula is C16H30O4. The Morgan fingerprint density at radius 3 is 2.70 bits per heavy atom. The topological polar surface area (TPSA) is 47.9 Å². The maximum atomic E-state index is 9.41. The molecule has 4 nitrogen and oxygen atoms in total.